The topological polar surface area (TPSA) is 9.23 Å². The van der Waals surface area contributed by atoms with Crippen molar-refractivity contribution in [1.82, 2.24) is 0 Å². The summed E-state index contributed by atoms with van der Waals surface area (Å²) in [4.78, 5) is 0. The molecule has 0 aromatic heterocycles. The predicted octanol–water partition coefficient (Wildman–Crippen LogP) is 1.32. The van der Waals surface area contributed by atoms with Gasteiger partial charge in [0.25, 0.3) is 0 Å². The summed E-state index contributed by atoms with van der Waals surface area (Å²) in [6.07, 6.45) is 0. The van der Waals surface area contributed by atoms with Gasteiger partial charge in [0.15, 0.2) is 0 Å². The van der Waals surface area contributed by atoms with E-state index in [4.69, 9.17) is 0 Å². The zero-order chi connectivity index (χ0) is 2.71. The second kappa shape index (κ2) is 15.6. The SMILES string of the molecule is IOI.[K].[Mn]. The molecule has 0 aromatic rings. The Bertz CT molecular complexity index is 9.61. The van der Waals surface area contributed by atoms with Crippen LogP contribution in [0.4, 0.5) is 0 Å². The third kappa shape index (κ3) is 18.4. The molecule has 0 N–H and O–H groups in total. The first kappa shape index (κ1) is 15.8. The molecule has 2 radical (unpaired) electrons. The number of halogens is 2. The minimum absolute atomic E-state index is 0. The van der Waals surface area contributed by atoms with E-state index in [2.05, 4.69) is 1.40 Å². The predicted molar refractivity (Wildman–Crippen MR) is 34.9 cm³/mol. The summed E-state index contributed by atoms with van der Waals surface area (Å²) < 4.78 is 4.19. The molecule has 0 unspecified atom stereocenters. The van der Waals surface area contributed by atoms with Crippen LogP contribution in [0.25, 0.3) is 0 Å². The van der Waals surface area contributed by atoms with Crippen molar-refractivity contribution < 1.29 is 18.5 Å². The summed E-state index contributed by atoms with van der Waals surface area (Å²) in [6, 6.07) is 0. The maximum absolute atomic E-state index is 4.19. The molecule has 28 valence electrons. The Kier molecular flexibility index (Phi) is 49.5. The molecule has 5 heteroatoms. The molecule has 0 bridgehead atoms. The number of hydrogen-bond acceptors (Lipinski definition) is 1. The first-order chi connectivity index (χ1) is 1.41. The average Bonchev–Trinajstić information content (AvgIpc) is 0.918. The molecule has 0 atom stereocenters. The molecule has 1 nitrogen and oxygen atoms in total. The van der Waals surface area contributed by atoms with Crippen molar-refractivity contribution in [3.63, 3.8) is 0 Å². The van der Waals surface area contributed by atoms with Crippen molar-refractivity contribution in [3.05, 3.63) is 0 Å². The van der Waals surface area contributed by atoms with Gasteiger partial charge in [-0.2, -0.15) is 0 Å². The van der Waals surface area contributed by atoms with E-state index in [0.717, 1.165) is 0 Å². The standard InChI is InChI=1S/I2O.K.Mn/c1-3-2;;. The molecule has 0 spiro atoms. The van der Waals surface area contributed by atoms with Crippen LogP contribution in [0.5, 0.6) is 0 Å². The normalized spacial score (nSPS) is 3.60. The maximum atomic E-state index is 4.19. The largest absolute Gasteiger partial charge is 0.247 e. The van der Waals surface area contributed by atoms with Crippen LogP contribution >= 0.6 is 46.0 Å². The fourth-order valence-corrected chi connectivity index (χ4v) is 0. The van der Waals surface area contributed by atoms with Gasteiger partial charge >= 0.3 is 0 Å². The molecular formula is I2KMnO. The Morgan fingerprint density at radius 3 is 1.20 bits per heavy atom. The van der Waals surface area contributed by atoms with Gasteiger partial charge in [0.2, 0.25) is 0 Å². The molecule has 0 aliphatic heterocycles. The van der Waals surface area contributed by atoms with Crippen LogP contribution in [0, 0.1) is 0 Å². The monoisotopic (exact) mass is 364 g/mol. The molecule has 0 rings (SSSR count). The average molecular weight is 364 g/mol. The molecular weight excluding hydrogens is 364 g/mol. The van der Waals surface area contributed by atoms with Gasteiger partial charge in [-0.25, -0.2) is 1.40 Å². The number of rotatable bonds is 0. The zero-order valence-corrected chi connectivity index (χ0v) is 11.2. The quantitative estimate of drug-likeness (QED) is 0.466. The van der Waals surface area contributed by atoms with Gasteiger partial charge in [-0.1, -0.05) is 0 Å². The van der Waals surface area contributed by atoms with Crippen molar-refractivity contribution in [2.24, 2.45) is 0 Å². The Morgan fingerprint density at radius 2 is 1.20 bits per heavy atom. The van der Waals surface area contributed by atoms with E-state index in [0.29, 0.717) is 0 Å². The first-order valence-corrected chi connectivity index (χ1v) is 2.07. The third-order valence-electron chi connectivity index (χ3n) is 0. The van der Waals surface area contributed by atoms with Crippen molar-refractivity contribution in [3.8, 4) is 0 Å². The Labute approximate surface area is 113 Å². The van der Waals surface area contributed by atoms with E-state index < -0.39 is 0 Å². The third-order valence-corrected chi connectivity index (χ3v) is 0. The van der Waals surface area contributed by atoms with Crippen molar-refractivity contribution >= 4 is 97.4 Å². The van der Waals surface area contributed by atoms with Crippen molar-refractivity contribution in [1.29, 1.82) is 0 Å². The Morgan fingerprint density at radius 1 is 1.20 bits per heavy atom. The molecule has 0 saturated carbocycles. The van der Waals surface area contributed by atoms with Crippen LogP contribution in [0.1, 0.15) is 0 Å². The molecule has 0 aromatic carbocycles. The molecule has 0 heterocycles. The fourth-order valence-electron chi connectivity index (χ4n) is 0. The first-order valence-electron chi connectivity index (χ1n) is 0.309. The summed E-state index contributed by atoms with van der Waals surface area (Å²) in [6.45, 7) is 0. The Balaban J connectivity index is -0.0000000200. The van der Waals surface area contributed by atoms with Crippen LogP contribution in [0.3, 0.4) is 0 Å². The van der Waals surface area contributed by atoms with Crippen LogP contribution in [0.2, 0.25) is 0 Å². The minimum atomic E-state index is 0. The van der Waals surface area contributed by atoms with Gasteiger partial charge in [0.1, 0.15) is 46.0 Å². The van der Waals surface area contributed by atoms with Gasteiger partial charge < -0.3 is 0 Å². The maximum Gasteiger partial charge on any atom is 0.124 e. The number of hydrogen-bond donors (Lipinski definition) is 0. The fraction of sp³-hybridized carbons (Fsp3) is 0. The van der Waals surface area contributed by atoms with Crippen LogP contribution < -0.4 is 0 Å². The molecule has 0 aliphatic carbocycles. The summed E-state index contributed by atoms with van der Waals surface area (Å²) in [5.41, 5.74) is 0. The van der Waals surface area contributed by atoms with Gasteiger partial charge in [-0.05, 0) is 0 Å². The van der Waals surface area contributed by atoms with Gasteiger partial charge in [0.05, 0.1) is 0 Å². The van der Waals surface area contributed by atoms with Gasteiger partial charge in [0, 0.05) is 68.5 Å². The van der Waals surface area contributed by atoms with Crippen LogP contribution in [0.15, 0.2) is 0 Å². The molecule has 0 saturated heterocycles. The van der Waals surface area contributed by atoms with Crippen molar-refractivity contribution in [2.75, 3.05) is 0 Å². The summed E-state index contributed by atoms with van der Waals surface area (Å²) in [5.74, 6) is 0. The van der Waals surface area contributed by atoms with E-state index in [1.54, 1.807) is 46.0 Å². The van der Waals surface area contributed by atoms with Crippen molar-refractivity contribution in [2.45, 2.75) is 0 Å². The summed E-state index contributed by atoms with van der Waals surface area (Å²) >= 11 is 3.55. The van der Waals surface area contributed by atoms with E-state index in [9.17, 15) is 0 Å². The zero-order valence-electron chi connectivity index (χ0n) is 2.54. The second-order valence-electron chi connectivity index (χ2n) is 0.0583. The molecule has 0 aliphatic rings. The molecule has 5 heavy (non-hydrogen) atoms. The summed E-state index contributed by atoms with van der Waals surface area (Å²) in [7, 11) is 0. The molecule has 0 amide bonds. The van der Waals surface area contributed by atoms with Crippen LogP contribution in [-0.2, 0) is 18.5 Å². The van der Waals surface area contributed by atoms with E-state index in [-0.39, 0.29) is 68.5 Å². The van der Waals surface area contributed by atoms with E-state index >= 15 is 0 Å². The van der Waals surface area contributed by atoms with E-state index in [1.165, 1.54) is 0 Å². The summed E-state index contributed by atoms with van der Waals surface area (Å²) in [5, 5.41) is 0. The van der Waals surface area contributed by atoms with Crippen LogP contribution in [-0.4, -0.2) is 51.4 Å². The smallest absolute Gasteiger partial charge is 0.124 e. The minimum Gasteiger partial charge on any atom is -0.247 e. The molecule has 0 fully saturated rings. The second-order valence-corrected chi connectivity index (χ2v) is 2.62. The van der Waals surface area contributed by atoms with Gasteiger partial charge in [-0.3, -0.25) is 0 Å². The van der Waals surface area contributed by atoms with Gasteiger partial charge in [-0.15, -0.1) is 0 Å². The van der Waals surface area contributed by atoms with E-state index in [1.807, 2.05) is 0 Å². The Hall–Kier alpha value is 3.58.